The molecule has 1 heterocycles. The molecule has 13 heteroatoms. The number of hydrogen-bond acceptors (Lipinski definition) is 7. The Labute approximate surface area is 136 Å². The molecular weight excluding hydrogens is 366 g/mol. The van der Waals surface area contributed by atoms with Crippen molar-refractivity contribution in [2.75, 3.05) is 5.01 Å². The zero-order valence-corrected chi connectivity index (χ0v) is 13.6. The van der Waals surface area contributed by atoms with Crippen molar-refractivity contribution in [2.24, 2.45) is 5.10 Å². The molecule has 1 aliphatic heterocycles. The molecule has 0 saturated heterocycles. The third-order valence-electron chi connectivity index (χ3n) is 2.80. The molecule has 2 rings (SSSR count). The molecule has 0 unspecified atom stereocenters. The summed E-state index contributed by atoms with van der Waals surface area (Å²) in [4.78, 5) is 21.2. The quantitative estimate of drug-likeness (QED) is 0.584. The van der Waals surface area contributed by atoms with E-state index < -0.39 is 41.8 Å². The van der Waals surface area contributed by atoms with E-state index in [0.29, 0.717) is 11.1 Å². The molecule has 2 amide bonds. The number of rotatable bonds is 3. The van der Waals surface area contributed by atoms with E-state index in [1.165, 1.54) is 6.92 Å². The minimum Gasteiger partial charge on any atom is -0.313 e. The first-order chi connectivity index (χ1) is 10.9. The highest BCUT2D eigenvalue weighted by atomic mass is 32.2. The highest BCUT2D eigenvalue weighted by Crippen LogP contribution is 2.27. The van der Waals surface area contributed by atoms with E-state index in [9.17, 15) is 26.4 Å². The van der Waals surface area contributed by atoms with Gasteiger partial charge in [0, 0.05) is 6.92 Å². The minimum absolute atomic E-state index is 0.0295. The van der Waals surface area contributed by atoms with Crippen LogP contribution in [0.1, 0.15) is 13.3 Å². The van der Waals surface area contributed by atoms with Crippen molar-refractivity contribution in [3.8, 4) is 0 Å². The fraction of sp³-hybridized carbons (Fsp3) is 0.182. The summed E-state index contributed by atoms with van der Waals surface area (Å²) < 4.78 is 63.2. The zero-order valence-electron chi connectivity index (χ0n) is 12.0. The van der Waals surface area contributed by atoms with E-state index in [0.717, 1.165) is 12.1 Å². The van der Waals surface area contributed by atoms with Crippen LogP contribution >= 0.6 is 0 Å². The van der Waals surface area contributed by atoms with Crippen LogP contribution in [0.25, 0.3) is 0 Å². The van der Waals surface area contributed by atoms with Gasteiger partial charge in [0.25, 0.3) is 26.1 Å². The van der Waals surface area contributed by atoms with E-state index >= 15 is 0 Å². The molecule has 130 valence electrons. The Morgan fingerprint density at radius 3 is 2.04 bits per heavy atom. The number of hydrazone groups is 1. The van der Waals surface area contributed by atoms with E-state index in [4.69, 9.17) is 9.11 Å². The van der Waals surface area contributed by atoms with Crippen molar-refractivity contribution in [3.05, 3.63) is 18.2 Å². The lowest BCUT2D eigenvalue weighted by molar-refractivity contribution is -0.117. The fourth-order valence-corrected chi connectivity index (χ4v) is 3.05. The van der Waals surface area contributed by atoms with Crippen LogP contribution in [0.2, 0.25) is 0 Å². The zero-order chi connectivity index (χ0) is 18.3. The van der Waals surface area contributed by atoms with Crippen LogP contribution in [0.15, 0.2) is 33.1 Å². The number of nitrogens with one attached hydrogen (secondary N) is 1. The molecule has 11 nitrogen and oxygen atoms in total. The molecule has 1 aromatic carbocycles. The summed E-state index contributed by atoms with van der Waals surface area (Å²) in [6.45, 7) is 1.19. The molecule has 0 aliphatic carbocycles. The van der Waals surface area contributed by atoms with Crippen molar-refractivity contribution >= 4 is 43.6 Å². The number of amidine groups is 1. The van der Waals surface area contributed by atoms with E-state index in [2.05, 4.69) is 10.4 Å². The Morgan fingerprint density at radius 1 is 1.12 bits per heavy atom. The van der Waals surface area contributed by atoms with Gasteiger partial charge in [0.2, 0.25) is 5.91 Å². The first-order valence-electron chi connectivity index (χ1n) is 6.16. The predicted molar refractivity (Wildman–Crippen MR) is 79.4 cm³/mol. The molecule has 1 aromatic rings. The van der Waals surface area contributed by atoms with Crippen LogP contribution in [0.5, 0.6) is 0 Å². The summed E-state index contributed by atoms with van der Waals surface area (Å²) in [5, 5.41) is 6.66. The van der Waals surface area contributed by atoms with Gasteiger partial charge in [0.15, 0.2) is 0 Å². The lowest BCUT2D eigenvalue weighted by atomic mass is 10.3. The topological polar surface area (TPSA) is 171 Å². The molecule has 0 aromatic heterocycles. The molecule has 0 saturated carbocycles. The number of carbonyl (C=O) groups excluding carboxylic acids is 2. The van der Waals surface area contributed by atoms with Crippen molar-refractivity contribution in [1.82, 2.24) is 5.32 Å². The Kier molecular flexibility index (Phi) is 4.45. The van der Waals surface area contributed by atoms with Crippen LogP contribution in [-0.4, -0.2) is 43.6 Å². The number of anilines is 1. The summed E-state index contributed by atoms with van der Waals surface area (Å²) in [5.74, 6) is -1.21. The van der Waals surface area contributed by atoms with Gasteiger partial charge in [-0.25, -0.2) is 0 Å². The fourth-order valence-electron chi connectivity index (χ4n) is 1.88. The highest BCUT2D eigenvalue weighted by molar-refractivity contribution is 7.86. The first-order valence-corrected chi connectivity index (χ1v) is 9.04. The summed E-state index contributed by atoms with van der Waals surface area (Å²) in [7, 11) is -9.64. The van der Waals surface area contributed by atoms with Gasteiger partial charge in [0.05, 0.1) is 21.9 Å². The summed E-state index contributed by atoms with van der Waals surface area (Å²) in [6.07, 6.45) is -0.309. The summed E-state index contributed by atoms with van der Waals surface area (Å²) >= 11 is 0. The average Bonchev–Trinajstić information content (AvgIpc) is 2.76. The number of nitrogens with zero attached hydrogens (tertiary/aromatic N) is 2. The van der Waals surface area contributed by atoms with Crippen molar-refractivity contribution in [1.29, 1.82) is 0 Å². The summed E-state index contributed by atoms with van der Waals surface area (Å²) in [6, 6.07) is 2.11. The van der Waals surface area contributed by atoms with Crippen LogP contribution in [-0.2, 0) is 29.8 Å². The van der Waals surface area contributed by atoms with Gasteiger partial charge in [-0.1, -0.05) is 0 Å². The molecule has 24 heavy (non-hydrogen) atoms. The van der Waals surface area contributed by atoms with Crippen molar-refractivity contribution < 1.29 is 35.5 Å². The second-order valence-corrected chi connectivity index (χ2v) is 7.57. The van der Waals surface area contributed by atoms with Crippen LogP contribution in [0.4, 0.5) is 5.69 Å². The first kappa shape index (κ1) is 18.0. The predicted octanol–water partition coefficient (Wildman–Crippen LogP) is -0.634. The molecule has 1 aliphatic rings. The van der Waals surface area contributed by atoms with Crippen molar-refractivity contribution in [3.63, 3.8) is 0 Å². The van der Waals surface area contributed by atoms with Crippen LogP contribution in [0, 0.1) is 0 Å². The average molecular weight is 377 g/mol. The minimum atomic E-state index is -4.82. The summed E-state index contributed by atoms with van der Waals surface area (Å²) in [5.41, 5.74) is -0.330. The maximum absolute atomic E-state index is 11.9. The maximum atomic E-state index is 11.9. The Balaban J connectivity index is 2.60. The van der Waals surface area contributed by atoms with Gasteiger partial charge in [-0.3, -0.25) is 18.7 Å². The lowest BCUT2D eigenvalue weighted by Crippen LogP contribution is -2.27. The lowest BCUT2D eigenvalue weighted by Gasteiger charge is -2.13. The molecule has 0 atom stereocenters. The third-order valence-corrected chi connectivity index (χ3v) is 4.46. The van der Waals surface area contributed by atoms with Gasteiger partial charge >= 0.3 is 0 Å². The molecular formula is C11H11N3O8S2. The van der Waals surface area contributed by atoms with Crippen LogP contribution < -0.4 is 10.3 Å². The molecule has 0 spiro atoms. The standard InChI is InChI=1S/C11H11N3O8S2/c1-6(15)12-10-5-11(16)14(13-10)7-2-8(23(17,18)19)4-9(3-7)24(20,21)22/h2-4H,5H2,1H3,(H,12,13,15)(H,17,18,19)(H,20,21,22). The largest absolute Gasteiger partial charge is 0.313 e. The third kappa shape index (κ3) is 3.94. The maximum Gasteiger partial charge on any atom is 0.294 e. The second-order valence-electron chi connectivity index (χ2n) is 4.72. The second kappa shape index (κ2) is 5.94. The molecule has 0 fully saturated rings. The van der Waals surface area contributed by atoms with Gasteiger partial charge in [-0.05, 0) is 18.2 Å². The molecule has 0 bridgehead atoms. The Morgan fingerprint density at radius 2 is 1.62 bits per heavy atom. The van der Waals surface area contributed by atoms with E-state index in [1.54, 1.807) is 0 Å². The monoisotopic (exact) mass is 377 g/mol. The Bertz CT molecular complexity index is 915. The molecule has 0 radical (unpaired) electrons. The van der Waals surface area contributed by atoms with Gasteiger partial charge < -0.3 is 5.32 Å². The van der Waals surface area contributed by atoms with E-state index in [-0.39, 0.29) is 17.9 Å². The van der Waals surface area contributed by atoms with E-state index in [1.807, 2.05) is 0 Å². The number of benzene rings is 1. The number of carbonyl (C=O) groups is 2. The Hall–Kier alpha value is -2.35. The van der Waals surface area contributed by atoms with Gasteiger partial charge in [-0.2, -0.15) is 26.9 Å². The number of amides is 2. The normalized spacial score (nSPS) is 15.4. The SMILES string of the molecule is CC(=O)NC1=NN(c2cc(S(=O)(=O)O)cc(S(=O)(=O)O)c2)C(=O)C1. The molecule has 3 N–H and O–H groups in total. The van der Waals surface area contributed by atoms with Crippen molar-refractivity contribution in [2.45, 2.75) is 23.1 Å². The number of hydrogen-bond donors (Lipinski definition) is 3. The highest BCUT2D eigenvalue weighted by Gasteiger charge is 2.28. The van der Waals surface area contributed by atoms with Gasteiger partial charge in [0.1, 0.15) is 5.84 Å². The smallest absolute Gasteiger partial charge is 0.294 e. The van der Waals surface area contributed by atoms with Gasteiger partial charge in [-0.15, -0.1) is 0 Å². The van der Waals surface area contributed by atoms with Crippen LogP contribution in [0.3, 0.4) is 0 Å².